The number of anilines is 1. The third-order valence-electron chi connectivity index (χ3n) is 2.33. The Bertz CT molecular complexity index is 391. The molecule has 14 heavy (non-hydrogen) atoms. The van der Waals surface area contributed by atoms with E-state index < -0.39 is 0 Å². The van der Waals surface area contributed by atoms with E-state index >= 15 is 0 Å². The molecule has 2 N–H and O–H groups in total. The van der Waals surface area contributed by atoms with Gasteiger partial charge in [-0.1, -0.05) is 15.9 Å². The van der Waals surface area contributed by atoms with Crippen molar-refractivity contribution in [1.29, 1.82) is 5.26 Å². The van der Waals surface area contributed by atoms with Crippen molar-refractivity contribution >= 4 is 21.6 Å². The summed E-state index contributed by atoms with van der Waals surface area (Å²) >= 11 is 3.39. The van der Waals surface area contributed by atoms with E-state index in [4.69, 9.17) is 11.0 Å². The van der Waals surface area contributed by atoms with Gasteiger partial charge in [0.15, 0.2) is 0 Å². The first-order chi connectivity index (χ1) is 6.70. The number of halogens is 1. The van der Waals surface area contributed by atoms with Crippen molar-refractivity contribution < 1.29 is 0 Å². The van der Waals surface area contributed by atoms with Crippen LogP contribution in [-0.2, 0) is 0 Å². The molecule has 0 atom stereocenters. The van der Waals surface area contributed by atoms with E-state index in [1.165, 1.54) is 0 Å². The molecule has 0 saturated carbocycles. The highest BCUT2D eigenvalue weighted by Crippen LogP contribution is 2.27. The number of nitrogens with zero attached hydrogens (tertiary/aromatic N) is 2. The molecular weight excluding hydrogens is 242 g/mol. The first-order valence-corrected chi connectivity index (χ1v) is 5.20. The van der Waals surface area contributed by atoms with Gasteiger partial charge in [-0.3, -0.25) is 0 Å². The van der Waals surface area contributed by atoms with Crippen molar-refractivity contribution in [2.75, 3.05) is 18.0 Å². The molecule has 1 heterocycles. The average Bonchev–Trinajstić information content (AvgIpc) is 2.13. The monoisotopic (exact) mass is 251 g/mol. The molecule has 0 aromatic heterocycles. The molecule has 0 bridgehead atoms. The number of nitriles is 1. The molecule has 1 aromatic rings. The van der Waals surface area contributed by atoms with E-state index in [-0.39, 0.29) is 6.04 Å². The Morgan fingerprint density at radius 2 is 2.21 bits per heavy atom. The zero-order valence-corrected chi connectivity index (χ0v) is 9.16. The summed E-state index contributed by atoms with van der Waals surface area (Å²) in [6.07, 6.45) is 0. The molecule has 2 rings (SSSR count). The molecule has 0 amide bonds. The lowest BCUT2D eigenvalue weighted by Gasteiger charge is -2.39. The molecule has 1 aliphatic rings. The Morgan fingerprint density at radius 1 is 1.50 bits per heavy atom. The lowest BCUT2D eigenvalue weighted by atomic mass is 10.1. The molecule has 3 nitrogen and oxygen atoms in total. The average molecular weight is 252 g/mol. The largest absolute Gasteiger partial charge is 0.367 e. The minimum atomic E-state index is 0.250. The molecule has 1 aromatic carbocycles. The summed E-state index contributed by atoms with van der Waals surface area (Å²) in [7, 11) is 0. The van der Waals surface area contributed by atoms with Crippen LogP contribution < -0.4 is 10.6 Å². The molecular formula is C10H10BrN3. The van der Waals surface area contributed by atoms with E-state index in [1.807, 2.05) is 18.2 Å². The highest BCUT2D eigenvalue weighted by atomic mass is 79.9. The number of nitrogens with two attached hydrogens (primary N) is 1. The molecule has 0 unspecified atom stereocenters. The van der Waals surface area contributed by atoms with Crippen molar-refractivity contribution in [1.82, 2.24) is 0 Å². The Balaban J connectivity index is 2.32. The molecule has 0 aliphatic carbocycles. The maximum atomic E-state index is 8.92. The zero-order valence-electron chi connectivity index (χ0n) is 7.57. The van der Waals surface area contributed by atoms with Crippen LogP contribution in [0, 0.1) is 11.3 Å². The second-order valence-electron chi connectivity index (χ2n) is 3.44. The third-order valence-corrected chi connectivity index (χ3v) is 2.82. The second-order valence-corrected chi connectivity index (χ2v) is 4.35. The quantitative estimate of drug-likeness (QED) is 0.823. The summed E-state index contributed by atoms with van der Waals surface area (Å²) in [6.45, 7) is 1.68. The van der Waals surface area contributed by atoms with Crippen LogP contribution in [0.2, 0.25) is 0 Å². The lowest BCUT2D eigenvalue weighted by molar-refractivity contribution is 0.519. The Kier molecular flexibility index (Phi) is 2.44. The maximum absolute atomic E-state index is 8.92. The zero-order chi connectivity index (χ0) is 10.1. The second kappa shape index (κ2) is 3.60. The van der Waals surface area contributed by atoms with Gasteiger partial charge in [0.1, 0.15) is 6.07 Å². The van der Waals surface area contributed by atoms with E-state index in [1.54, 1.807) is 0 Å². The predicted octanol–water partition coefficient (Wildman–Crippen LogP) is 1.47. The van der Waals surface area contributed by atoms with Crippen molar-refractivity contribution in [3.8, 4) is 6.07 Å². The van der Waals surface area contributed by atoms with Crippen LogP contribution in [0.3, 0.4) is 0 Å². The van der Waals surface area contributed by atoms with Gasteiger partial charge in [-0.15, -0.1) is 0 Å². The van der Waals surface area contributed by atoms with Gasteiger partial charge in [-0.05, 0) is 18.2 Å². The van der Waals surface area contributed by atoms with Gasteiger partial charge in [-0.2, -0.15) is 5.26 Å². The molecule has 1 saturated heterocycles. The van der Waals surface area contributed by atoms with Crippen LogP contribution in [0.5, 0.6) is 0 Å². The fourth-order valence-electron chi connectivity index (χ4n) is 1.57. The maximum Gasteiger partial charge on any atom is 0.101 e. The van der Waals surface area contributed by atoms with Crippen molar-refractivity contribution in [3.63, 3.8) is 0 Å². The number of hydrogen-bond donors (Lipinski definition) is 1. The minimum Gasteiger partial charge on any atom is -0.367 e. The van der Waals surface area contributed by atoms with Crippen molar-refractivity contribution in [2.45, 2.75) is 6.04 Å². The SMILES string of the molecule is N#Cc1ccc(Br)cc1N1CC(N)C1. The van der Waals surface area contributed by atoms with Gasteiger partial charge >= 0.3 is 0 Å². The number of rotatable bonds is 1. The van der Waals surface area contributed by atoms with Crippen LogP contribution in [0.25, 0.3) is 0 Å². The normalized spacial score (nSPS) is 16.2. The van der Waals surface area contributed by atoms with E-state index in [9.17, 15) is 0 Å². The molecule has 0 spiro atoms. The van der Waals surface area contributed by atoms with E-state index in [0.717, 1.165) is 23.2 Å². The first kappa shape index (κ1) is 9.50. The van der Waals surface area contributed by atoms with Crippen LogP contribution in [0.4, 0.5) is 5.69 Å². The standard InChI is InChI=1S/C10H10BrN3/c11-8-2-1-7(4-12)10(3-8)14-5-9(13)6-14/h1-3,9H,5-6,13H2. The smallest absolute Gasteiger partial charge is 0.101 e. The summed E-state index contributed by atoms with van der Waals surface area (Å²) in [6, 6.07) is 8.10. The van der Waals surface area contributed by atoms with Gasteiger partial charge < -0.3 is 10.6 Å². The number of hydrogen-bond acceptors (Lipinski definition) is 3. The Labute approximate surface area is 91.2 Å². The molecule has 4 heteroatoms. The fourth-order valence-corrected chi connectivity index (χ4v) is 1.92. The van der Waals surface area contributed by atoms with Crippen LogP contribution >= 0.6 is 15.9 Å². The summed E-state index contributed by atoms with van der Waals surface area (Å²) in [5.41, 5.74) is 7.38. The molecule has 1 fully saturated rings. The van der Waals surface area contributed by atoms with Gasteiger partial charge in [0.25, 0.3) is 0 Å². The van der Waals surface area contributed by atoms with E-state index in [2.05, 4.69) is 26.9 Å². The van der Waals surface area contributed by atoms with Crippen LogP contribution in [-0.4, -0.2) is 19.1 Å². The van der Waals surface area contributed by atoms with Gasteiger partial charge in [0.05, 0.1) is 11.3 Å². The highest BCUT2D eigenvalue weighted by molar-refractivity contribution is 9.10. The number of benzene rings is 1. The van der Waals surface area contributed by atoms with Crippen LogP contribution in [0.1, 0.15) is 5.56 Å². The van der Waals surface area contributed by atoms with Gasteiger partial charge in [-0.25, -0.2) is 0 Å². The van der Waals surface area contributed by atoms with Crippen LogP contribution in [0.15, 0.2) is 22.7 Å². The van der Waals surface area contributed by atoms with Crippen molar-refractivity contribution in [2.24, 2.45) is 5.73 Å². The Hall–Kier alpha value is -1.05. The lowest BCUT2D eigenvalue weighted by Crippen LogP contribution is -2.56. The van der Waals surface area contributed by atoms with Gasteiger partial charge in [0.2, 0.25) is 0 Å². The third kappa shape index (κ3) is 1.61. The van der Waals surface area contributed by atoms with E-state index in [0.29, 0.717) is 5.56 Å². The summed E-state index contributed by atoms with van der Waals surface area (Å²) in [5, 5.41) is 8.92. The minimum absolute atomic E-state index is 0.250. The van der Waals surface area contributed by atoms with Crippen molar-refractivity contribution in [3.05, 3.63) is 28.2 Å². The fraction of sp³-hybridized carbons (Fsp3) is 0.300. The Morgan fingerprint density at radius 3 is 2.79 bits per heavy atom. The first-order valence-electron chi connectivity index (χ1n) is 4.41. The summed E-state index contributed by atoms with van der Waals surface area (Å²) in [5.74, 6) is 0. The predicted molar refractivity (Wildman–Crippen MR) is 59.0 cm³/mol. The highest BCUT2D eigenvalue weighted by Gasteiger charge is 2.25. The molecule has 0 radical (unpaired) electrons. The summed E-state index contributed by atoms with van der Waals surface area (Å²) < 4.78 is 0.993. The summed E-state index contributed by atoms with van der Waals surface area (Å²) in [4.78, 5) is 2.12. The topological polar surface area (TPSA) is 53.0 Å². The molecule has 1 aliphatic heterocycles. The molecule has 72 valence electrons. The van der Waals surface area contributed by atoms with Gasteiger partial charge in [0, 0.05) is 23.6 Å².